The van der Waals surface area contributed by atoms with Crippen LogP contribution in [0.4, 0.5) is 0 Å². The molecule has 2 saturated heterocycles. The average Bonchev–Trinajstić information content (AvgIpc) is 2.04. The van der Waals surface area contributed by atoms with E-state index in [0.29, 0.717) is 6.42 Å². The zero-order valence-corrected chi connectivity index (χ0v) is 6.30. The van der Waals surface area contributed by atoms with Gasteiger partial charge in [0.05, 0.1) is 0 Å². The second-order valence-electron chi connectivity index (χ2n) is 3.09. The minimum absolute atomic E-state index is 0.0133. The molecule has 2 aliphatic heterocycles. The van der Waals surface area contributed by atoms with Crippen LogP contribution in [0.15, 0.2) is 0 Å². The maximum atomic E-state index is 10.8. The number of carbonyl (C=O) groups excluding carboxylic acids is 1. The van der Waals surface area contributed by atoms with Gasteiger partial charge in [0.2, 0.25) is 5.91 Å². The Hall–Kier alpha value is -0.610. The van der Waals surface area contributed by atoms with Crippen LogP contribution in [0.1, 0.15) is 19.3 Å². The van der Waals surface area contributed by atoms with E-state index in [1.807, 2.05) is 0 Å². The Morgan fingerprint density at radius 1 is 1.55 bits per heavy atom. The van der Waals surface area contributed by atoms with Crippen LogP contribution in [0, 0.1) is 0 Å². The Kier molecular flexibility index (Phi) is 1.79. The number of carbonyl (C=O) groups is 1. The Bertz CT molecular complexity index is 172. The first-order chi connectivity index (χ1) is 5.36. The molecule has 62 valence electrons. The Morgan fingerprint density at radius 2 is 2.45 bits per heavy atom. The third-order valence-corrected chi connectivity index (χ3v) is 2.25. The largest absolute Gasteiger partial charge is 0.311 e. The molecule has 2 aliphatic rings. The molecule has 0 bridgehead atoms. The summed E-state index contributed by atoms with van der Waals surface area (Å²) in [5.74, 6) is -0.0133. The van der Waals surface area contributed by atoms with Crippen LogP contribution in [-0.2, 0) is 9.63 Å². The van der Waals surface area contributed by atoms with Crippen LogP contribution >= 0.6 is 0 Å². The van der Waals surface area contributed by atoms with Crippen molar-refractivity contribution in [3.05, 3.63) is 0 Å². The normalized spacial score (nSPS) is 37.6. The lowest BCUT2D eigenvalue weighted by atomic mass is 9.97. The van der Waals surface area contributed by atoms with Crippen molar-refractivity contribution in [3.8, 4) is 0 Å². The number of hydrogen-bond acceptors (Lipinski definition) is 3. The Morgan fingerprint density at radius 3 is 3.36 bits per heavy atom. The van der Waals surface area contributed by atoms with E-state index in [-0.39, 0.29) is 18.1 Å². The van der Waals surface area contributed by atoms with Crippen molar-refractivity contribution in [3.63, 3.8) is 0 Å². The SMILES string of the molecule is O=C1CC2NCCCC2ON1. The number of amides is 1. The first-order valence-electron chi connectivity index (χ1n) is 4.04. The monoisotopic (exact) mass is 156 g/mol. The summed E-state index contributed by atoms with van der Waals surface area (Å²) >= 11 is 0. The van der Waals surface area contributed by atoms with Gasteiger partial charge < -0.3 is 5.32 Å². The van der Waals surface area contributed by atoms with Gasteiger partial charge in [0, 0.05) is 12.5 Å². The van der Waals surface area contributed by atoms with Crippen LogP contribution in [0.25, 0.3) is 0 Å². The fourth-order valence-corrected chi connectivity index (χ4v) is 1.65. The summed E-state index contributed by atoms with van der Waals surface area (Å²) in [7, 11) is 0. The molecule has 2 fully saturated rings. The topological polar surface area (TPSA) is 50.4 Å². The fraction of sp³-hybridized carbons (Fsp3) is 0.857. The van der Waals surface area contributed by atoms with Crippen LogP contribution in [-0.4, -0.2) is 24.6 Å². The van der Waals surface area contributed by atoms with Gasteiger partial charge in [-0.3, -0.25) is 9.63 Å². The molecular weight excluding hydrogens is 144 g/mol. The van der Waals surface area contributed by atoms with Crippen LogP contribution in [0.3, 0.4) is 0 Å². The number of hydroxylamine groups is 1. The molecule has 0 spiro atoms. The highest BCUT2D eigenvalue weighted by atomic mass is 16.7. The van der Waals surface area contributed by atoms with E-state index in [1.54, 1.807) is 0 Å². The molecule has 2 N–H and O–H groups in total. The standard InChI is InChI=1S/C7H12N2O2/c10-7-4-5-6(11-9-7)2-1-3-8-5/h5-6,8H,1-4H2,(H,9,10). The summed E-state index contributed by atoms with van der Waals surface area (Å²) < 4.78 is 0. The van der Waals surface area contributed by atoms with E-state index in [0.717, 1.165) is 19.4 Å². The van der Waals surface area contributed by atoms with E-state index in [1.165, 1.54) is 0 Å². The number of hydrogen-bond donors (Lipinski definition) is 2. The zero-order chi connectivity index (χ0) is 7.68. The second-order valence-corrected chi connectivity index (χ2v) is 3.09. The summed E-state index contributed by atoms with van der Waals surface area (Å²) in [5, 5.41) is 3.27. The highest BCUT2D eigenvalue weighted by Gasteiger charge is 2.31. The van der Waals surface area contributed by atoms with Gasteiger partial charge >= 0.3 is 0 Å². The molecule has 4 heteroatoms. The van der Waals surface area contributed by atoms with Crippen molar-refractivity contribution in [2.24, 2.45) is 0 Å². The zero-order valence-electron chi connectivity index (χ0n) is 6.30. The molecule has 2 atom stereocenters. The van der Waals surface area contributed by atoms with Gasteiger partial charge in [-0.05, 0) is 19.4 Å². The Balaban J connectivity index is 1.98. The molecule has 0 radical (unpaired) electrons. The lowest BCUT2D eigenvalue weighted by molar-refractivity contribution is -0.153. The first-order valence-corrected chi connectivity index (χ1v) is 4.04. The van der Waals surface area contributed by atoms with Gasteiger partial charge in [0.15, 0.2) is 0 Å². The van der Waals surface area contributed by atoms with Crippen LogP contribution in [0.5, 0.6) is 0 Å². The van der Waals surface area contributed by atoms with Gasteiger partial charge in [-0.25, -0.2) is 5.48 Å². The lowest BCUT2D eigenvalue weighted by Crippen LogP contribution is -2.54. The van der Waals surface area contributed by atoms with Crippen molar-refractivity contribution in [1.82, 2.24) is 10.8 Å². The summed E-state index contributed by atoms with van der Waals surface area (Å²) in [6.07, 6.45) is 2.95. The van der Waals surface area contributed by atoms with Crippen LogP contribution in [0.2, 0.25) is 0 Å². The van der Waals surface area contributed by atoms with Gasteiger partial charge in [-0.1, -0.05) is 0 Å². The minimum atomic E-state index is -0.0133. The molecule has 11 heavy (non-hydrogen) atoms. The van der Waals surface area contributed by atoms with Gasteiger partial charge in [0.25, 0.3) is 0 Å². The fourth-order valence-electron chi connectivity index (χ4n) is 1.65. The smallest absolute Gasteiger partial charge is 0.245 e. The molecule has 0 aromatic heterocycles. The Labute approximate surface area is 65.2 Å². The van der Waals surface area contributed by atoms with E-state index >= 15 is 0 Å². The molecule has 4 nitrogen and oxygen atoms in total. The summed E-state index contributed by atoms with van der Waals surface area (Å²) in [6, 6.07) is 0.248. The predicted molar refractivity (Wildman–Crippen MR) is 38.7 cm³/mol. The number of rotatable bonds is 0. The van der Waals surface area contributed by atoms with Gasteiger partial charge in [-0.2, -0.15) is 0 Å². The highest BCUT2D eigenvalue weighted by molar-refractivity contribution is 5.76. The molecule has 2 rings (SSSR count). The number of piperidine rings is 1. The maximum absolute atomic E-state index is 10.8. The van der Waals surface area contributed by atoms with E-state index < -0.39 is 0 Å². The second kappa shape index (κ2) is 2.79. The summed E-state index contributed by atoms with van der Waals surface area (Å²) in [5.41, 5.74) is 2.40. The van der Waals surface area contributed by atoms with Gasteiger partial charge in [0.1, 0.15) is 6.10 Å². The van der Waals surface area contributed by atoms with E-state index in [9.17, 15) is 4.79 Å². The average molecular weight is 156 g/mol. The van der Waals surface area contributed by atoms with Crippen molar-refractivity contribution in [2.45, 2.75) is 31.4 Å². The first kappa shape index (κ1) is 7.06. The highest BCUT2D eigenvalue weighted by Crippen LogP contribution is 2.17. The summed E-state index contributed by atoms with van der Waals surface area (Å²) in [4.78, 5) is 16.0. The van der Waals surface area contributed by atoms with Crippen molar-refractivity contribution in [2.75, 3.05) is 6.54 Å². The predicted octanol–water partition coefficient (Wildman–Crippen LogP) is -0.441. The maximum Gasteiger partial charge on any atom is 0.245 e. The molecule has 0 saturated carbocycles. The van der Waals surface area contributed by atoms with Crippen molar-refractivity contribution in [1.29, 1.82) is 0 Å². The molecule has 2 unspecified atom stereocenters. The number of fused-ring (bicyclic) bond motifs is 1. The van der Waals surface area contributed by atoms with Gasteiger partial charge in [-0.15, -0.1) is 0 Å². The molecule has 0 aromatic rings. The number of nitrogens with one attached hydrogen (secondary N) is 2. The van der Waals surface area contributed by atoms with Crippen molar-refractivity contribution < 1.29 is 9.63 Å². The molecule has 2 heterocycles. The molecular formula is C7H12N2O2. The molecule has 0 aliphatic carbocycles. The summed E-state index contributed by atoms with van der Waals surface area (Å²) in [6.45, 7) is 1.01. The van der Waals surface area contributed by atoms with Crippen LogP contribution < -0.4 is 10.8 Å². The van der Waals surface area contributed by atoms with Crippen molar-refractivity contribution >= 4 is 5.91 Å². The third kappa shape index (κ3) is 1.36. The molecule has 0 aromatic carbocycles. The quantitative estimate of drug-likeness (QED) is 0.500. The minimum Gasteiger partial charge on any atom is -0.311 e. The third-order valence-electron chi connectivity index (χ3n) is 2.25. The van der Waals surface area contributed by atoms with E-state index in [4.69, 9.17) is 4.84 Å². The molecule has 1 amide bonds. The van der Waals surface area contributed by atoms with E-state index in [2.05, 4.69) is 10.8 Å². The lowest BCUT2D eigenvalue weighted by Gasteiger charge is -2.35.